The van der Waals surface area contributed by atoms with Gasteiger partial charge in [0.25, 0.3) is 0 Å². The number of amides is 1. The van der Waals surface area contributed by atoms with E-state index in [0.717, 1.165) is 16.1 Å². The van der Waals surface area contributed by atoms with Gasteiger partial charge in [0.1, 0.15) is 6.54 Å². The zero-order valence-corrected chi connectivity index (χ0v) is 16.2. The van der Waals surface area contributed by atoms with Crippen LogP contribution in [0.1, 0.15) is 5.56 Å². The second kappa shape index (κ2) is 7.55. The van der Waals surface area contributed by atoms with Crippen LogP contribution in [0.5, 0.6) is 0 Å². The van der Waals surface area contributed by atoms with E-state index in [-0.39, 0.29) is 6.54 Å². The fourth-order valence-electron chi connectivity index (χ4n) is 2.08. The van der Waals surface area contributed by atoms with E-state index in [1.54, 1.807) is 42.5 Å². The van der Waals surface area contributed by atoms with Gasteiger partial charge in [0.2, 0.25) is 15.9 Å². The lowest BCUT2D eigenvalue weighted by Crippen LogP contribution is -2.37. The van der Waals surface area contributed by atoms with Crippen LogP contribution in [-0.4, -0.2) is 27.1 Å². The van der Waals surface area contributed by atoms with Crippen LogP contribution in [0, 0.1) is 6.92 Å². The van der Waals surface area contributed by atoms with Crippen LogP contribution >= 0.6 is 27.5 Å². The minimum atomic E-state index is -3.63. The summed E-state index contributed by atoms with van der Waals surface area (Å²) in [7, 11) is -3.63. The third-order valence-electron chi connectivity index (χ3n) is 3.28. The van der Waals surface area contributed by atoms with Crippen molar-refractivity contribution in [3.63, 3.8) is 0 Å². The molecule has 5 nitrogen and oxygen atoms in total. The summed E-state index contributed by atoms with van der Waals surface area (Å²) in [5.74, 6) is -0.457. The average Bonchev–Trinajstić information content (AvgIpc) is 2.48. The Hall–Kier alpha value is -1.57. The minimum Gasteiger partial charge on any atom is -0.324 e. The number of rotatable bonds is 5. The van der Waals surface area contributed by atoms with Crippen molar-refractivity contribution in [2.24, 2.45) is 0 Å². The molecule has 0 aliphatic heterocycles. The molecule has 8 heteroatoms. The molecule has 0 aliphatic carbocycles. The molecule has 2 aromatic rings. The first kappa shape index (κ1) is 18.8. The Morgan fingerprint density at radius 3 is 2.54 bits per heavy atom. The molecule has 0 unspecified atom stereocenters. The fourth-order valence-corrected chi connectivity index (χ4v) is 3.74. The largest absolute Gasteiger partial charge is 0.324 e. The molecule has 0 spiro atoms. The van der Waals surface area contributed by atoms with Crippen molar-refractivity contribution in [3.05, 3.63) is 57.5 Å². The highest BCUT2D eigenvalue weighted by molar-refractivity contribution is 9.10. The van der Waals surface area contributed by atoms with Crippen LogP contribution in [0.4, 0.5) is 11.4 Å². The Kier molecular flexibility index (Phi) is 5.90. The van der Waals surface area contributed by atoms with E-state index in [0.29, 0.717) is 20.9 Å². The van der Waals surface area contributed by atoms with E-state index in [9.17, 15) is 13.2 Å². The quantitative estimate of drug-likeness (QED) is 0.783. The topological polar surface area (TPSA) is 66.5 Å². The lowest BCUT2D eigenvalue weighted by atomic mass is 10.2. The molecule has 0 aliphatic rings. The Morgan fingerprint density at radius 2 is 1.92 bits per heavy atom. The molecule has 0 radical (unpaired) electrons. The maximum absolute atomic E-state index is 12.3. The maximum Gasteiger partial charge on any atom is 0.245 e. The maximum atomic E-state index is 12.3. The molecule has 0 fully saturated rings. The van der Waals surface area contributed by atoms with Crippen molar-refractivity contribution < 1.29 is 13.2 Å². The molecule has 0 saturated heterocycles. The average molecular weight is 432 g/mol. The molecule has 2 aromatic carbocycles. The van der Waals surface area contributed by atoms with Crippen molar-refractivity contribution in [2.75, 3.05) is 22.4 Å². The third-order valence-corrected chi connectivity index (χ3v) is 5.31. The van der Waals surface area contributed by atoms with Crippen molar-refractivity contribution in [1.82, 2.24) is 0 Å². The third kappa shape index (κ3) is 4.72. The summed E-state index contributed by atoms with van der Waals surface area (Å²) in [6.07, 6.45) is 1.06. The number of sulfonamides is 1. The van der Waals surface area contributed by atoms with Crippen molar-refractivity contribution in [3.8, 4) is 0 Å². The summed E-state index contributed by atoms with van der Waals surface area (Å²) < 4.78 is 25.8. The van der Waals surface area contributed by atoms with E-state index in [2.05, 4.69) is 21.2 Å². The van der Waals surface area contributed by atoms with Crippen molar-refractivity contribution in [1.29, 1.82) is 0 Å². The predicted molar refractivity (Wildman–Crippen MR) is 101 cm³/mol. The molecule has 2 rings (SSSR count). The van der Waals surface area contributed by atoms with E-state index in [1.165, 1.54) is 0 Å². The van der Waals surface area contributed by atoms with Crippen LogP contribution in [0.3, 0.4) is 0 Å². The Bertz CT molecular complexity index is 871. The Balaban J connectivity index is 2.26. The second-order valence-electron chi connectivity index (χ2n) is 5.23. The van der Waals surface area contributed by atoms with Crippen LogP contribution in [-0.2, 0) is 14.8 Å². The van der Waals surface area contributed by atoms with Gasteiger partial charge in [-0.05, 0) is 52.7 Å². The number of hydrogen-bond donors (Lipinski definition) is 1. The first-order valence-electron chi connectivity index (χ1n) is 6.97. The van der Waals surface area contributed by atoms with E-state index in [1.807, 2.05) is 6.92 Å². The molecular formula is C16H16BrClN2O3S. The highest BCUT2D eigenvalue weighted by Crippen LogP contribution is 2.27. The van der Waals surface area contributed by atoms with Gasteiger partial charge in [-0.1, -0.05) is 29.8 Å². The summed E-state index contributed by atoms with van der Waals surface area (Å²) in [4.78, 5) is 12.3. The molecule has 1 N–H and O–H groups in total. The van der Waals surface area contributed by atoms with Gasteiger partial charge >= 0.3 is 0 Å². The summed E-state index contributed by atoms with van der Waals surface area (Å²) in [6, 6.07) is 11.9. The SMILES string of the molecule is Cc1ccc(Cl)cc1NC(=O)CN(c1ccccc1Br)S(C)(=O)=O. The highest BCUT2D eigenvalue weighted by Gasteiger charge is 2.22. The molecule has 0 aromatic heterocycles. The molecular weight excluding hydrogens is 416 g/mol. The Morgan fingerprint density at radius 1 is 1.25 bits per heavy atom. The zero-order valence-electron chi connectivity index (χ0n) is 13.1. The number of hydrogen-bond acceptors (Lipinski definition) is 3. The summed E-state index contributed by atoms with van der Waals surface area (Å²) >= 11 is 9.24. The van der Waals surface area contributed by atoms with Crippen molar-refractivity contribution >= 4 is 54.8 Å². The minimum absolute atomic E-state index is 0.340. The van der Waals surface area contributed by atoms with E-state index < -0.39 is 15.9 Å². The van der Waals surface area contributed by atoms with Crippen LogP contribution in [0.15, 0.2) is 46.9 Å². The zero-order chi connectivity index (χ0) is 17.9. The molecule has 0 bridgehead atoms. The molecule has 0 heterocycles. The predicted octanol–water partition coefficient (Wildman–Crippen LogP) is 3.82. The molecule has 24 heavy (non-hydrogen) atoms. The molecule has 1 amide bonds. The smallest absolute Gasteiger partial charge is 0.245 e. The number of carbonyl (C=O) groups is 1. The van der Waals surface area contributed by atoms with Gasteiger partial charge in [0, 0.05) is 15.2 Å². The highest BCUT2D eigenvalue weighted by atomic mass is 79.9. The lowest BCUT2D eigenvalue weighted by Gasteiger charge is -2.23. The lowest BCUT2D eigenvalue weighted by molar-refractivity contribution is -0.114. The number of halogens is 2. The standard InChI is InChI=1S/C16H16BrClN2O3S/c1-11-7-8-12(18)9-14(11)19-16(21)10-20(24(2,22)23)15-6-4-3-5-13(15)17/h3-9H,10H2,1-2H3,(H,19,21). The first-order valence-corrected chi connectivity index (χ1v) is 9.98. The van der Waals surface area contributed by atoms with Gasteiger partial charge in [-0.15, -0.1) is 0 Å². The second-order valence-corrected chi connectivity index (χ2v) is 8.43. The van der Waals surface area contributed by atoms with E-state index in [4.69, 9.17) is 11.6 Å². The summed E-state index contributed by atoms with van der Waals surface area (Å²) in [5, 5.41) is 3.19. The van der Waals surface area contributed by atoms with Gasteiger partial charge in [-0.3, -0.25) is 9.10 Å². The van der Waals surface area contributed by atoms with Crippen LogP contribution < -0.4 is 9.62 Å². The molecule has 0 saturated carbocycles. The number of anilines is 2. The summed E-state index contributed by atoms with van der Waals surface area (Å²) in [6.45, 7) is 1.49. The number of carbonyl (C=O) groups excluding carboxylic acids is 1. The van der Waals surface area contributed by atoms with Gasteiger partial charge in [0.15, 0.2) is 0 Å². The first-order chi connectivity index (χ1) is 11.2. The summed E-state index contributed by atoms with van der Waals surface area (Å²) in [5.41, 5.74) is 1.78. The van der Waals surface area contributed by atoms with Gasteiger partial charge in [-0.2, -0.15) is 0 Å². The number of nitrogens with zero attached hydrogens (tertiary/aromatic N) is 1. The normalized spacial score (nSPS) is 11.2. The van der Waals surface area contributed by atoms with Crippen LogP contribution in [0.2, 0.25) is 5.02 Å². The van der Waals surface area contributed by atoms with Gasteiger partial charge in [-0.25, -0.2) is 8.42 Å². The monoisotopic (exact) mass is 430 g/mol. The number of benzene rings is 2. The number of aryl methyl sites for hydroxylation is 1. The van der Waals surface area contributed by atoms with E-state index >= 15 is 0 Å². The Labute approximate surface area is 154 Å². The number of para-hydroxylation sites is 1. The van der Waals surface area contributed by atoms with Crippen LogP contribution in [0.25, 0.3) is 0 Å². The van der Waals surface area contributed by atoms with Crippen molar-refractivity contribution in [2.45, 2.75) is 6.92 Å². The molecule has 0 atom stereocenters. The fraction of sp³-hybridized carbons (Fsp3) is 0.188. The number of nitrogens with one attached hydrogen (secondary N) is 1. The van der Waals surface area contributed by atoms with Gasteiger partial charge in [0.05, 0.1) is 11.9 Å². The molecule has 128 valence electrons. The van der Waals surface area contributed by atoms with Gasteiger partial charge < -0.3 is 5.32 Å².